The molecule has 0 radical (unpaired) electrons. The average Bonchev–Trinajstić information content (AvgIpc) is 2.74. The van der Waals surface area contributed by atoms with Gasteiger partial charge >= 0.3 is 0 Å². The third kappa shape index (κ3) is 4.16. The van der Waals surface area contributed by atoms with Crippen LogP contribution in [0.2, 0.25) is 0 Å². The highest BCUT2D eigenvalue weighted by atomic mass is 32.2. The van der Waals surface area contributed by atoms with Crippen molar-refractivity contribution in [1.29, 1.82) is 0 Å². The fourth-order valence-electron chi connectivity index (χ4n) is 2.33. The highest BCUT2D eigenvalue weighted by molar-refractivity contribution is 8.00. The molecule has 0 aliphatic carbocycles. The van der Waals surface area contributed by atoms with Crippen molar-refractivity contribution in [2.45, 2.75) is 43.6 Å². The van der Waals surface area contributed by atoms with Gasteiger partial charge in [-0.25, -0.2) is 0 Å². The zero-order valence-corrected chi connectivity index (χ0v) is 11.2. The Labute approximate surface area is 107 Å². The SMILES string of the molecule is CC1OCCC1NC(=O)CSC1CCNCC1. The molecule has 2 aliphatic rings. The Morgan fingerprint density at radius 1 is 1.41 bits per heavy atom. The number of carbonyl (C=O) groups excluding carboxylic acids is 1. The van der Waals surface area contributed by atoms with E-state index >= 15 is 0 Å². The smallest absolute Gasteiger partial charge is 0.230 e. The number of hydrogen-bond acceptors (Lipinski definition) is 4. The second-order valence-electron chi connectivity index (χ2n) is 4.80. The van der Waals surface area contributed by atoms with Crippen LogP contribution in [0.1, 0.15) is 26.2 Å². The van der Waals surface area contributed by atoms with Gasteiger partial charge in [-0.1, -0.05) is 0 Å². The van der Waals surface area contributed by atoms with Gasteiger partial charge in [0.25, 0.3) is 0 Å². The second kappa shape index (κ2) is 6.61. The number of piperidine rings is 1. The minimum Gasteiger partial charge on any atom is -0.376 e. The molecule has 0 saturated carbocycles. The molecule has 0 spiro atoms. The highest BCUT2D eigenvalue weighted by Gasteiger charge is 2.25. The van der Waals surface area contributed by atoms with Crippen LogP contribution in [0, 0.1) is 0 Å². The Balaban J connectivity index is 1.63. The topological polar surface area (TPSA) is 50.4 Å². The second-order valence-corrected chi connectivity index (χ2v) is 6.09. The summed E-state index contributed by atoms with van der Waals surface area (Å²) < 4.78 is 5.43. The molecular formula is C12H22N2O2S. The molecule has 0 bridgehead atoms. The van der Waals surface area contributed by atoms with E-state index in [0.717, 1.165) is 26.1 Å². The lowest BCUT2D eigenvalue weighted by atomic mass is 10.1. The Morgan fingerprint density at radius 3 is 2.82 bits per heavy atom. The number of ether oxygens (including phenoxy) is 1. The quantitative estimate of drug-likeness (QED) is 0.782. The van der Waals surface area contributed by atoms with E-state index in [0.29, 0.717) is 11.0 Å². The molecule has 98 valence electrons. The average molecular weight is 258 g/mol. The summed E-state index contributed by atoms with van der Waals surface area (Å²) in [5, 5.41) is 7.06. The fraction of sp³-hybridized carbons (Fsp3) is 0.917. The summed E-state index contributed by atoms with van der Waals surface area (Å²) in [6.45, 7) is 4.98. The normalized spacial score (nSPS) is 30.4. The van der Waals surface area contributed by atoms with Crippen LogP contribution in [-0.2, 0) is 9.53 Å². The number of amides is 1. The summed E-state index contributed by atoms with van der Waals surface area (Å²) in [7, 11) is 0. The van der Waals surface area contributed by atoms with Crippen LogP contribution in [-0.4, -0.2) is 48.8 Å². The van der Waals surface area contributed by atoms with E-state index in [-0.39, 0.29) is 18.1 Å². The Kier molecular flexibility index (Phi) is 5.13. The van der Waals surface area contributed by atoms with E-state index in [1.54, 1.807) is 11.8 Å². The molecule has 5 heteroatoms. The molecular weight excluding hydrogens is 236 g/mol. The molecule has 0 aromatic heterocycles. The van der Waals surface area contributed by atoms with Crippen molar-refractivity contribution in [1.82, 2.24) is 10.6 Å². The molecule has 0 aromatic rings. The van der Waals surface area contributed by atoms with Gasteiger partial charge in [0.1, 0.15) is 0 Å². The summed E-state index contributed by atoms with van der Waals surface area (Å²) in [4.78, 5) is 11.8. The van der Waals surface area contributed by atoms with Crippen LogP contribution in [0.3, 0.4) is 0 Å². The maximum absolute atomic E-state index is 11.8. The monoisotopic (exact) mass is 258 g/mol. The van der Waals surface area contributed by atoms with Crippen molar-refractivity contribution in [3.8, 4) is 0 Å². The van der Waals surface area contributed by atoms with Crippen LogP contribution in [0.5, 0.6) is 0 Å². The maximum Gasteiger partial charge on any atom is 0.230 e. The number of carbonyl (C=O) groups is 1. The molecule has 2 heterocycles. The van der Waals surface area contributed by atoms with Crippen molar-refractivity contribution >= 4 is 17.7 Å². The molecule has 2 unspecified atom stereocenters. The molecule has 1 amide bonds. The Morgan fingerprint density at radius 2 is 2.18 bits per heavy atom. The summed E-state index contributed by atoms with van der Waals surface area (Å²) in [6, 6.07) is 0.219. The molecule has 4 nitrogen and oxygen atoms in total. The Hall–Kier alpha value is -0.260. The number of hydrogen-bond donors (Lipinski definition) is 2. The van der Waals surface area contributed by atoms with Gasteiger partial charge in [-0.05, 0) is 39.3 Å². The largest absolute Gasteiger partial charge is 0.376 e. The molecule has 2 aliphatic heterocycles. The van der Waals surface area contributed by atoms with E-state index in [1.165, 1.54) is 12.8 Å². The summed E-state index contributed by atoms with van der Waals surface area (Å²) in [5.74, 6) is 0.754. The van der Waals surface area contributed by atoms with Gasteiger partial charge in [-0.3, -0.25) is 4.79 Å². The van der Waals surface area contributed by atoms with Crippen LogP contribution >= 0.6 is 11.8 Å². The molecule has 2 N–H and O–H groups in total. The zero-order valence-electron chi connectivity index (χ0n) is 10.4. The van der Waals surface area contributed by atoms with Gasteiger partial charge in [-0.2, -0.15) is 0 Å². The van der Waals surface area contributed by atoms with Gasteiger partial charge in [-0.15, -0.1) is 11.8 Å². The van der Waals surface area contributed by atoms with Crippen molar-refractivity contribution < 1.29 is 9.53 Å². The molecule has 0 aromatic carbocycles. The predicted molar refractivity (Wildman–Crippen MR) is 70.3 cm³/mol. The van der Waals surface area contributed by atoms with Crippen molar-refractivity contribution in [3.05, 3.63) is 0 Å². The first-order valence-electron chi connectivity index (χ1n) is 6.49. The first kappa shape index (κ1) is 13.2. The standard InChI is InChI=1S/C12H22N2O2S/c1-9-11(4-7-16-9)14-12(15)8-17-10-2-5-13-6-3-10/h9-11,13H,2-8H2,1H3,(H,14,15). The molecule has 2 atom stereocenters. The molecule has 2 saturated heterocycles. The lowest BCUT2D eigenvalue weighted by Gasteiger charge is -2.22. The van der Waals surface area contributed by atoms with Gasteiger partial charge in [0.15, 0.2) is 0 Å². The zero-order chi connectivity index (χ0) is 12.1. The number of thioether (sulfide) groups is 1. The first-order valence-corrected chi connectivity index (χ1v) is 7.54. The van der Waals surface area contributed by atoms with Gasteiger partial charge in [0, 0.05) is 11.9 Å². The van der Waals surface area contributed by atoms with Crippen LogP contribution in [0.25, 0.3) is 0 Å². The lowest BCUT2D eigenvalue weighted by Crippen LogP contribution is -2.40. The predicted octanol–water partition coefficient (Wildman–Crippen LogP) is 0.765. The Bertz CT molecular complexity index is 257. The van der Waals surface area contributed by atoms with Crippen LogP contribution in [0.4, 0.5) is 0 Å². The van der Waals surface area contributed by atoms with Crippen LogP contribution in [0.15, 0.2) is 0 Å². The number of nitrogens with one attached hydrogen (secondary N) is 2. The van der Waals surface area contributed by atoms with Gasteiger partial charge in [0.2, 0.25) is 5.91 Å². The summed E-state index contributed by atoms with van der Waals surface area (Å²) in [6.07, 6.45) is 3.48. The maximum atomic E-state index is 11.8. The lowest BCUT2D eigenvalue weighted by molar-refractivity contribution is -0.119. The number of rotatable bonds is 4. The van der Waals surface area contributed by atoms with E-state index in [9.17, 15) is 4.79 Å². The van der Waals surface area contributed by atoms with Crippen molar-refractivity contribution in [3.63, 3.8) is 0 Å². The van der Waals surface area contributed by atoms with E-state index in [1.807, 2.05) is 6.92 Å². The van der Waals surface area contributed by atoms with Crippen molar-refractivity contribution in [2.75, 3.05) is 25.4 Å². The third-order valence-electron chi connectivity index (χ3n) is 3.46. The summed E-state index contributed by atoms with van der Waals surface area (Å²) >= 11 is 1.80. The minimum absolute atomic E-state index is 0.163. The van der Waals surface area contributed by atoms with E-state index in [4.69, 9.17) is 4.74 Å². The minimum atomic E-state index is 0.163. The molecule has 2 fully saturated rings. The first-order chi connectivity index (χ1) is 8.25. The molecule has 17 heavy (non-hydrogen) atoms. The highest BCUT2D eigenvalue weighted by Crippen LogP contribution is 2.20. The summed E-state index contributed by atoms with van der Waals surface area (Å²) in [5.41, 5.74) is 0. The van der Waals surface area contributed by atoms with E-state index in [2.05, 4.69) is 10.6 Å². The molecule has 2 rings (SSSR count). The van der Waals surface area contributed by atoms with Gasteiger partial charge in [0.05, 0.1) is 17.9 Å². The third-order valence-corrected chi connectivity index (χ3v) is 4.83. The van der Waals surface area contributed by atoms with Crippen molar-refractivity contribution in [2.24, 2.45) is 0 Å². The van der Waals surface area contributed by atoms with Gasteiger partial charge < -0.3 is 15.4 Å². The van der Waals surface area contributed by atoms with E-state index < -0.39 is 0 Å². The fourth-order valence-corrected chi connectivity index (χ4v) is 3.36. The van der Waals surface area contributed by atoms with Crippen LogP contribution < -0.4 is 10.6 Å².